The number of hydrogen-bond donors (Lipinski definition) is 4. The van der Waals surface area contributed by atoms with Gasteiger partial charge < -0.3 is 25.4 Å². The van der Waals surface area contributed by atoms with Crippen molar-refractivity contribution in [2.24, 2.45) is 23.2 Å². The van der Waals surface area contributed by atoms with Crippen LogP contribution in [0.5, 0.6) is 0 Å². The maximum Gasteiger partial charge on any atom is 0.225 e. The minimum atomic E-state index is -0.804. The molecule has 2 saturated heterocycles. The molecule has 0 bridgehead atoms. The summed E-state index contributed by atoms with van der Waals surface area (Å²) in [4.78, 5) is 17.6. The van der Waals surface area contributed by atoms with Gasteiger partial charge in [-0.05, 0) is 43.6 Å². The summed E-state index contributed by atoms with van der Waals surface area (Å²) in [5.74, 6) is 1.55. The van der Waals surface area contributed by atoms with E-state index in [0.717, 1.165) is 38.8 Å². The number of aliphatic hydroxyl groups excluding tert-OH is 1. The summed E-state index contributed by atoms with van der Waals surface area (Å²) in [7, 11) is 0.918. The van der Waals surface area contributed by atoms with E-state index < -0.39 is 17.0 Å². The molecule has 9 nitrogen and oxygen atoms in total. The Morgan fingerprint density at radius 1 is 1.21 bits per heavy atom. The number of amides is 1. The van der Waals surface area contributed by atoms with E-state index in [1.54, 1.807) is 7.11 Å². The van der Waals surface area contributed by atoms with Crippen molar-refractivity contribution in [1.82, 2.24) is 25.8 Å². The number of methoxy groups -OCH3 is 1. The van der Waals surface area contributed by atoms with Gasteiger partial charge in [0.05, 0.1) is 12.3 Å². The van der Waals surface area contributed by atoms with Crippen molar-refractivity contribution in [3.05, 3.63) is 0 Å². The quantitative estimate of drug-likeness (QED) is 0.175. The summed E-state index contributed by atoms with van der Waals surface area (Å²) in [5.41, 5.74) is 0.0295. The SMILES string of the molecule is CC[C@@H](C[C@@H](CC)N(CC(C)C)C(O)C1CNC(C(C)(C)C)NC1NCCCOC)C(=O)N1CCS(=O)CC1. The van der Waals surface area contributed by atoms with Gasteiger partial charge in [-0.1, -0.05) is 48.5 Å². The first-order chi connectivity index (χ1) is 18.4. The van der Waals surface area contributed by atoms with Crippen molar-refractivity contribution in [2.45, 2.75) is 98.8 Å². The van der Waals surface area contributed by atoms with Gasteiger partial charge in [-0.25, -0.2) is 0 Å². The summed E-state index contributed by atoms with van der Waals surface area (Å²) in [6.07, 6.45) is 2.67. The lowest BCUT2D eigenvalue weighted by Gasteiger charge is -2.49. The van der Waals surface area contributed by atoms with Crippen LogP contribution in [0.4, 0.5) is 0 Å². The van der Waals surface area contributed by atoms with Crippen molar-refractivity contribution in [3.63, 3.8) is 0 Å². The Hall–Kier alpha value is -0.620. The standard InChI is InChI=1S/C29H59N5O4S/c1-9-22(26(35)33-13-16-39(37)17-14-33)18-23(10-2)34(20-21(3)4)27(36)24-19-31-28(29(5,6)7)32-25(24)30-12-11-15-38-8/h21-25,27-28,30-32,36H,9-20H2,1-8H3/t22-,23+,24?,25?,27?,28?/m0/s1. The zero-order valence-electron chi connectivity index (χ0n) is 26.0. The first-order valence-corrected chi connectivity index (χ1v) is 16.7. The predicted octanol–water partition coefficient (Wildman–Crippen LogP) is 2.18. The summed E-state index contributed by atoms with van der Waals surface area (Å²) < 4.78 is 17.1. The van der Waals surface area contributed by atoms with Crippen LogP contribution in [0, 0.1) is 23.2 Å². The molecular formula is C29H59N5O4S. The highest BCUT2D eigenvalue weighted by atomic mass is 32.2. The second kappa shape index (κ2) is 16.7. The molecule has 0 spiro atoms. The van der Waals surface area contributed by atoms with Gasteiger partial charge in [0.25, 0.3) is 0 Å². The van der Waals surface area contributed by atoms with Crippen LogP contribution in [0.1, 0.15) is 74.1 Å². The van der Waals surface area contributed by atoms with E-state index in [-0.39, 0.29) is 41.5 Å². The molecule has 1 amide bonds. The molecule has 0 saturated carbocycles. The number of ether oxygens (including phenoxy) is 1. The largest absolute Gasteiger partial charge is 0.385 e. The maximum atomic E-state index is 13.5. The highest BCUT2D eigenvalue weighted by molar-refractivity contribution is 7.85. The summed E-state index contributed by atoms with van der Waals surface area (Å²) in [5, 5.41) is 23.1. The van der Waals surface area contributed by atoms with E-state index in [9.17, 15) is 14.1 Å². The number of carbonyl (C=O) groups excluding carboxylic acids is 1. The third-order valence-electron chi connectivity index (χ3n) is 8.21. The molecule has 4 unspecified atom stereocenters. The minimum absolute atomic E-state index is 0.0295. The Labute approximate surface area is 241 Å². The second-order valence-corrected chi connectivity index (χ2v) is 14.6. The molecule has 2 heterocycles. The lowest BCUT2D eigenvalue weighted by molar-refractivity contribution is -0.137. The topological polar surface area (TPSA) is 106 Å². The van der Waals surface area contributed by atoms with E-state index in [1.165, 1.54) is 0 Å². The molecule has 2 rings (SSSR count). The molecule has 2 aliphatic heterocycles. The van der Waals surface area contributed by atoms with Crippen molar-refractivity contribution in [3.8, 4) is 0 Å². The Balaban J connectivity index is 2.22. The number of nitrogens with zero attached hydrogens (tertiary/aromatic N) is 2. The van der Waals surface area contributed by atoms with Crippen LogP contribution >= 0.6 is 0 Å². The number of carbonyl (C=O) groups is 1. The molecule has 2 aliphatic rings. The second-order valence-electron chi connectivity index (χ2n) is 12.9. The molecule has 0 aromatic carbocycles. The predicted molar refractivity (Wildman–Crippen MR) is 161 cm³/mol. The van der Waals surface area contributed by atoms with Gasteiger partial charge in [0, 0.05) is 80.1 Å². The maximum absolute atomic E-state index is 13.5. The van der Waals surface area contributed by atoms with Crippen LogP contribution in [0.15, 0.2) is 0 Å². The van der Waals surface area contributed by atoms with E-state index in [0.29, 0.717) is 43.7 Å². The van der Waals surface area contributed by atoms with E-state index in [4.69, 9.17) is 4.74 Å². The zero-order valence-corrected chi connectivity index (χ0v) is 26.8. The Kier molecular flexibility index (Phi) is 14.8. The van der Waals surface area contributed by atoms with Gasteiger partial charge >= 0.3 is 0 Å². The fraction of sp³-hybridized carbons (Fsp3) is 0.966. The molecule has 6 atom stereocenters. The van der Waals surface area contributed by atoms with Crippen LogP contribution in [0.25, 0.3) is 0 Å². The van der Waals surface area contributed by atoms with Gasteiger partial charge in [0.2, 0.25) is 5.91 Å². The minimum Gasteiger partial charge on any atom is -0.385 e. The molecule has 0 aromatic heterocycles. The third kappa shape index (κ3) is 10.6. The van der Waals surface area contributed by atoms with Crippen LogP contribution in [0.2, 0.25) is 0 Å². The van der Waals surface area contributed by atoms with Crippen LogP contribution in [-0.4, -0.2) is 108 Å². The molecule has 39 heavy (non-hydrogen) atoms. The fourth-order valence-electron chi connectivity index (χ4n) is 5.82. The monoisotopic (exact) mass is 573 g/mol. The van der Waals surface area contributed by atoms with Crippen LogP contribution < -0.4 is 16.0 Å². The third-order valence-corrected chi connectivity index (χ3v) is 9.49. The Morgan fingerprint density at radius 3 is 2.41 bits per heavy atom. The number of nitrogens with one attached hydrogen (secondary N) is 3. The van der Waals surface area contributed by atoms with E-state index >= 15 is 0 Å². The summed E-state index contributed by atoms with van der Waals surface area (Å²) >= 11 is 0. The average molecular weight is 574 g/mol. The van der Waals surface area contributed by atoms with E-state index in [2.05, 4.69) is 69.3 Å². The molecular weight excluding hydrogens is 514 g/mol. The Morgan fingerprint density at radius 2 is 1.87 bits per heavy atom. The average Bonchev–Trinajstić information content (AvgIpc) is 2.89. The molecule has 230 valence electrons. The van der Waals surface area contributed by atoms with Crippen LogP contribution in [-0.2, 0) is 20.3 Å². The fourth-order valence-corrected chi connectivity index (χ4v) is 6.87. The summed E-state index contributed by atoms with van der Waals surface area (Å²) in [6.45, 7) is 19.4. The highest BCUT2D eigenvalue weighted by Crippen LogP contribution is 2.28. The van der Waals surface area contributed by atoms with E-state index in [1.807, 2.05) is 4.90 Å². The molecule has 0 aliphatic carbocycles. The molecule has 4 N–H and O–H groups in total. The molecule has 0 radical (unpaired) electrons. The van der Waals surface area contributed by atoms with Crippen LogP contribution in [0.3, 0.4) is 0 Å². The lowest BCUT2D eigenvalue weighted by atomic mass is 9.87. The Bertz CT molecular complexity index is 740. The summed E-state index contributed by atoms with van der Waals surface area (Å²) in [6, 6.07) is 0.0877. The normalized spacial score (nSPS) is 25.7. The number of hydrogen-bond acceptors (Lipinski definition) is 8. The number of aliphatic hydroxyl groups is 1. The molecule has 0 aromatic rings. The smallest absolute Gasteiger partial charge is 0.225 e. The molecule has 2 fully saturated rings. The first kappa shape index (κ1) is 34.6. The molecule has 10 heteroatoms. The zero-order chi connectivity index (χ0) is 29.2. The van der Waals surface area contributed by atoms with Gasteiger partial charge in [-0.15, -0.1) is 0 Å². The first-order valence-electron chi connectivity index (χ1n) is 15.2. The van der Waals surface area contributed by atoms with Crippen molar-refractivity contribution < 1.29 is 18.8 Å². The number of rotatable bonds is 15. The van der Waals surface area contributed by atoms with Gasteiger partial charge in [0.1, 0.15) is 6.23 Å². The van der Waals surface area contributed by atoms with Crippen molar-refractivity contribution >= 4 is 16.7 Å². The van der Waals surface area contributed by atoms with Gasteiger partial charge in [0.15, 0.2) is 0 Å². The van der Waals surface area contributed by atoms with Crippen molar-refractivity contribution in [1.29, 1.82) is 0 Å². The lowest BCUT2D eigenvalue weighted by Crippen LogP contribution is -2.70. The van der Waals surface area contributed by atoms with Gasteiger partial charge in [-0.3, -0.25) is 19.2 Å². The highest BCUT2D eigenvalue weighted by Gasteiger charge is 2.42. The van der Waals surface area contributed by atoms with Gasteiger partial charge in [-0.2, -0.15) is 0 Å². The van der Waals surface area contributed by atoms with Crippen molar-refractivity contribution in [2.75, 3.05) is 57.9 Å².